The van der Waals surface area contributed by atoms with Gasteiger partial charge in [0.25, 0.3) is 0 Å². The van der Waals surface area contributed by atoms with Crippen LogP contribution in [0.5, 0.6) is 11.5 Å². The van der Waals surface area contributed by atoms with Gasteiger partial charge in [-0.25, -0.2) is 5.53 Å². The Morgan fingerprint density at radius 3 is 2.92 bits per heavy atom. The van der Waals surface area contributed by atoms with Crippen molar-refractivity contribution in [1.82, 2.24) is 4.98 Å². The van der Waals surface area contributed by atoms with Crippen LogP contribution in [-0.4, -0.2) is 18.2 Å². The molecule has 0 aliphatic carbocycles. The number of hydrogen-bond acceptors (Lipinski definition) is 6. The van der Waals surface area contributed by atoms with Gasteiger partial charge in [-0.05, 0) is 24.3 Å². The van der Waals surface area contributed by atoms with Crippen LogP contribution in [0.2, 0.25) is 5.02 Å². The number of halogens is 3. The Morgan fingerprint density at radius 2 is 2.25 bits per heavy atom. The van der Waals surface area contributed by atoms with Gasteiger partial charge >= 0.3 is 6.61 Å². The molecule has 2 rings (SSSR count). The summed E-state index contributed by atoms with van der Waals surface area (Å²) in [5.41, 5.74) is 7.86. The molecule has 0 atom stereocenters. The summed E-state index contributed by atoms with van der Waals surface area (Å²) >= 11 is 5.77. The van der Waals surface area contributed by atoms with E-state index in [9.17, 15) is 8.78 Å². The van der Waals surface area contributed by atoms with Gasteiger partial charge in [0.15, 0.2) is 0 Å². The van der Waals surface area contributed by atoms with E-state index in [0.717, 1.165) is 0 Å². The molecular formula is C15H13ClF2N4O2. The lowest BCUT2D eigenvalue weighted by atomic mass is 10.3. The Kier molecular flexibility index (Phi) is 6.44. The van der Waals surface area contributed by atoms with E-state index in [1.165, 1.54) is 24.5 Å². The zero-order valence-electron chi connectivity index (χ0n) is 12.2. The van der Waals surface area contributed by atoms with E-state index >= 15 is 0 Å². The summed E-state index contributed by atoms with van der Waals surface area (Å²) in [6.45, 7) is -2.93. The molecule has 6 nitrogen and oxygen atoms in total. The van der Waals surface area contributed by atoms with Gasteiger partial charge in [0.05, 0.1) is 11.2 Å². The van der Waals surface area contributed by atoms with Crippen LogP contribution in [0, 0.1) is 5.53 Å². The van der Waals surface area contributed by atoms with Crippen molar-refractivity contribution in [3.05, 3.63) is 59.6 Å². The number of nitrogens with one attached hydrogen (secondary N) is 2. The Morgan fingerprint density at radius 1 is 1.42 bits per heavy atom. The smallest absolute Gasteiger partial charge is 0.387 e. The van der Waals surface area contributed by atoms with Gasteiger partial charge in [-0.15, -0.1) is 0 Å². The number of alkyl halides is 2. The maximum atomic E-state index is 12.3. The minimum Gasteiger partial charge on any atom is -0.486 e. The van der Waals surface area contributed by atoms with Crippen molar-refractivity contribution in [2.75, 3.05) is 11.9 Å². The fourth-order valence-corrected chi connectivity index (χ4v) is 1.80. The Labute approximate surface area is 141 Å². The van der Waals surface area contributed by atoms with Crippen LogP contribution in [0.1, 0.15) is 0 Å². The number of rotatable bonds is 8. The van der Waals surface area contributed by atoms with Gasteiger partial charge in [0, 0.05) is 24.2 Å². The van der Waals surface area contributed by atoms with E-state index in [0.29, 0.717) is 11.4 Å². The minimum absolute atomic E-state index is 0.0379. The monoisotopic (exact) mass is 354 g/mol. The summed E-state index contributed by atoms with van der Waals surface area (Å²) in [7, 11) is 0. The zero-order valence-corrected chi connectivity index (χ0v) is 13.0. The topological polar surface area (TPSA) is 79.6 Å². The Hall–Kier alpha value is -2.74. The molecule has 2 N–H and O–H groups in total. The zero-order chi connectivity index (χ0) is 17.4. The molecule has 0 saturated heterocycles. The highest BCUT2D eigenvalue weighted by molar-refractivity contribution is 6.32. The second kappa shape index (κ2) is 8.78. The molecule has 1 aromatic heterocycles. The van der Waals surface area contributed by atoms with Crippen LogP contribution in [0.4, 0.5) is 14.5 Å². The molecule has 0 aliphatic rings. The number of anilines is 1. The average molecular weight is 355 g/mol. The number of pyridine rings is 1. The molecule has 0 fully saturated rings. The standard InChI is InChI=1S/C15H13ClF2N4O2/c16-13-4-3-10(6-14(13)24-15(17)18)21-7-11(22-19)9-23-12-2-1-5-20-8-12/h1-8,15,19,21H,9H2/b11-7-,22-19?. The van der Waals surface area contributed by atoms with Crippen molar-refractivity contribution in [2.24, 2.45) is 5.11 Å². The second-order valence-electron chi connectivity index (χ2n) is 4.39. The largest absolute Gasteiger partial charge is 0.486 e. The molecule has 9 heteroatoms. The van der Waals surface area contributed by atoms with E-state index < -0.39 is 6.61 Å². The molecule has 1 heterocycles. The third-order valence-electron chi connectivity index (χ3n) is 2.72. The number of nitrogens with zero attached hydrogens (tertiary/aromatic N) is 2. The van der Waals surface area contributed by atoms with E-state index in [1.54, 1.807) is 24.4 Å². The predicted octanol–water partition coefficient (Wildman–Crippen LogP) is 4.70. The summed E-state index contributed by atoms with van der Waals surface area (Å²) in [6.07, 6.45) is 4.56. The molecule has 0 radical (unpaired) electrons. The molecule has 0 saturated carbocycles. The summed E-state index contributed by atoms with van der Waals surface area (Å²) < 4.78 is 34.3. The first kappa shape index (κ1) is 17.6. The van der Waals surface area contributed by atoms with Crippen molar-refractivity contribution in [1.29, 1.82) is 5.53 Å². The van der Waals surface area contributed by atoms with Gasteiger partial charge in [-0.2, -0.15) is 13.9 Å². The number of aromatic nitrogens is 1. The van der Waals surface area contributed by atoms with E-state index in [4.69, 9.17) is 21.9 Å². The van der Waals surface area contributed by atoms with Crippen molar-refractivity contribution in [2.45, 2.75) is 6.61 Å². The van der Waals surface area contributed by atoms with Crippen LogP contribution in [0.3, 0.4) is 0 Å². The maximum Gasteiger partial charge on any atom is 0.387 e. The molecule has 0 amide bonds. The van der Waals surface area contributed by atoms with Crippen molar-refractivity contribution < 1.29 is 18.3 Å². The van der Waals surface area contributed by atoms with E-state index in [2.05, 4.69) is 20.2 Å². The first-order chi connectivity index (χ1) is 11.6. The van der Waals surface area contributed by atoms with Gasteiger partial charge in [-0.3, -0.25) is 4.98 Å². The average Bonchev–Trinajstić information content (AvgIpc) is 2.58. The third-order valence-corrected chi connectivity index (χ3v) is 3.03. The van der Waals surface area contributed by atoms with Crippen LogP contribution in [0.15, 0.2) is 59.7 Å². The Bertz CT molecular complexity index is 714. The lowest BCUT2D eigenvalue weighted by Gasteiger charge is -2.09. The fourth-order valence-electron chi connectivity index (χ4n) is 1.64. The highest BCUT2D eigenvalue weighted by atomic mass is 35.5. The summed E-state index contributed by atoms with van der Waals surface area (Å²) in [5, 5.41) is 6.22. The number of hydrogen-bond donors (Lipinski definition) is 2. The first-order valence-electron chi connectivity index (χ1n) is 6.68. The summed E-state index contributed by atoms with van der Waals surface area (Å²) in [5.74, 6) is 0.382. The van der Waals surface area contributed by atoms with Gasteiger partial charge in [0.2, 0.25) is 0 Å². The number of benzene rings is 1. The van der Waals surface area contributed by atoms with E-state index in [1.807, 2.05) is 0 Å². The minimum atomic E-state index is -2.97. The maximum absolute atomic E-state index is 12.3. The molecule has 126 valence electrons. The summed E-state index contributed by atoms with van der Waals surface area (Å²) in [4.78, 5) is 3.90. The fraction of sp³-hybridized carbons (Fsp3) is 0.133. The Balaban J connectivity index is 2.00. The first-order valence-corrected chi connectivity index (χ1v) is 7.06. The molecule has 0 bridgehead atoms. The van der Waals surface area contributed by atoms with Crippen molar-refractivity contribution in [3.8, 4) is 11.5 Å². The molecular weight excluding hydrogens is 342 g/mol. The van der Waals surface area contributed by atoms with E-state index in [-0.39, 0.29) is 23.1 Å². The molecule has 2 aromatic rings. The third kappa shape index (κ3) is 5.47. The molecule has 1 aromatic carbocycles. The molecule has 0 spiro atoms. The van der Waals surface area contributed by atoms with Gasteiger partial charge < -0.3 is 14.8 Å². The quantitative estimate of drug-likeness (QED) is 0.673. The number of ether oxygens (including phenoxy) is 2. The normalized spacial score (nSPS) is 11.2. The summed E-state index contributed by atoms with van der Waals surface area (Å²) in [6, 6.07) is 7.73. The van der Waals surface area contributed by atoms with Crippen LogP contribution in [-0.2, 0) is 0 Å². The van der Waals surface area contributed by atoms with Crippen molar-refractivity contribution in [3.63, 3.8) is 0 Å². The van der Waals surface area contributed by atoms with Crippen LogP contribution in [0.25, 0.3) is 0 Å². The van der Waals surface area contributed by atoms with Crippen LogP contribution < -0.4 is 14.8 Å². The van der Waals surface area contributed by atoms with Gasteiger partial charge in [0.1, 0.15) is 23.8 Å². The molecule has 24 heavy (non-hydrogen) atoms. The lowest BCUT2D eigenvalue weighted by molar-refractivity contribution is -0.0497. The highest BCUT2D eigenvalue weighted by Gasteiger charge is 2.09. The SMILES string of the molecule is N=N/C(=C\Nc1ccc(Cl)c(OC(F)F)c1)COc1cccnc1. The highest BCUT2D eigenvalue weighted by Crippen LogP contribution is 2.29. The van der Waals surface area contributed by atoms with Gasteiger partial charge in [-0.1, -0.05) is 11.6 Å². The predicted molar refractivity (Wildman–Crippen MR) is 84.7 cm³/mol. The second-order valence-corrected chi connectivity index (χ2v) is 4.80. The van der Waals surface area contributed by atoms with Crippen molar-refractivity contribution >= 4 is 17.3 Å². The van der Waals surface area contributed by atoms with Crippen LogP contribution >= 0.6 is 11.6 Å². The molecule has 0 unspecified atom stereocenters. The molecule has 0 aliphatic heterocycles. The lowest BCUT2D eigenvalue weighted by Crippen LogP contribution is -2.04.